The van der Waals surface area contributed by atoms with E-state index >= 15 is 0 Å². The molecule has 1 unspecified atom stereocenters. The average molecular weight is 625 g/mol. The second kappa shape index (κ2) is 14.1. The molecule has 216 valence electrons. The van der Waals surface area contributed by atoms with Crippen LogP contribution in [0.1, 0.15) is 28.1 Å². The molecule has 0 bridgehead atoms. The van der Waals surface area contributed by atoms with E-state index in [1.54, 1.807) is 19.2 Å². The van der Waals surface area contributed by atoms with Crippen LogP contribution in [0, 0.1) is 0 Å². The van der Waals surface area contributed by atoms with Gasteiger partial charge < -0.3 is 20.7 Å². The van der Waals surface area contributed by atoms with Gasteiger partial charge in [-0.25, -0.2) is 4.98 Å². The normalized spacial score (nSPS) is 11.3. The number of thioether (sulfide) groups is 1. The standard InChI is InChI=1S/C33H28N4O3S3/c1-21(38)22-15-17-24(18-16-22)34-32(41)35-25-11-8-12-26(19-25)43-30(23-9-4-3-5-10-23)31(39)37-33-36-28(20-42-33)27-13-6-7-14-29(27)40-2/h3-20,30H,1-2H3,(H2,34,35,41)(H,36,37,39). The zero-order valence-electron chi connectivity index (χ0n) is 23.4. The second-order valence-electron chi connectivity index (χ2n) is 9.38. The lowest BCUT2D eigenvalue weighted by Crippen LogP contribution is -2.19. The number of carbonyl (C=O) groups excluding carboxylic acids is 2. The molecule has 1 heterocycles. The lowest BCUT2D eigenvalue weighted by Gasteiger charge is -2.17. The summed E-state index contributed by atoms with van der Waals surface area (Å²) in [6.45, 7) is 1.53. The summed E-state index contributed by atoms with van der Waals surface area (Å²) >= 11 is 8.31. The van der Waals surface area contributed by atoms with Crippen molar-refractivity contribution in [3.63, 3.8) is 0 Å². The highest BCUT2D eigenvalue weighted by atomic mass is 32.2. The Morgan fingerprint density at radius 1 is 0.860 bits per heavy atom. The Hall–Kier alpha value is -4.51. The minimum Gasteiger partial charge on any atom is -0.496 e. The molecule has 1 amide bonds. The summed E-state index contributed by atoms with van der Waals surface area (Å²) in [7, 11) is 1.62. The summed E-state index contributed by atoms with van der Waals surface area (Å²) in [4.78, 5) is 30.7. The van der Waals surface area contributed by atoms with Gasteiger partial charge >= 0.3 is 0 Å². The van der Waals surface area contributed by atoms with Crippen LogP contribution in [0.4, 0.5) is 16.5 Å². The number of thiocarbonyl (C=S) groups is 1. The Morgan fingerprint density at radius 2 is 1.58 bits per heavy atom. The third-order valence-electron chi connectivity index (χ3n) is 6.35. The number of ketones is 1. The molecule has 43 heavy (non-hydrogen) atoms. The van der Waals surface area contributed by atoms with Crippen molar-refractivity contribution >= 4 is 68.6 Å². The van der Waals surface area contributed by atoms with Crippen molar-refractivity contribution in [3.8, 4) is 17.0 Å². The predicted octanol–water partition coefficient (Wildman–Crippen LogP) is 8.30. The van der Waals surface area contributed by atoms with Gasteiger partial charge in [0.15, 0.2) is 16.0 Å². The molecule has 1 atom stereocenters. The van der Waals surface area contributed by atoms with Gasteiger partial charge in [-0.1, -0.05) is 48.5 Å². The van der Waals surface area contributed by atoms with Crippen molar-refractivity contribution in [1.82, 2.24) is 4.98 Å². The lowest BCUT2D eigenvalue weighted by molar-refractivity contribution is -0.115. The fourth-order valence-corrected chi connectivity index (χ4v) is 6.28. The Kier molecular flexibility index (Phi) is 9.83. The van der Waals surface area contributed by atoms with Crippen LogP contribution >= 0.6 is 35.3 Å². The van der Waals surface area contributed by atoms with Crippen molar-refractivity contribution in [2.45, 2.75) is 17.1 Å². The van der Waals surface area contributed by atoms with E-state index in [9.17, 15) is 9.59 Å². The van der Waals surface area contributed by atoms with Gasteiger partial charge in [0.25, 0.3) is 0 Å². The molecule has 0 spiro atoms. The number of hydrogen-bond donors (Lipinski definition) is 3. The Morgan fingerprint density at radius 3 is 2.33 bits per heavy atom. The smallest absolute Gasteiger partial charge is 0.244 e. The van der Waals surface area contributed by atoms with Crippen LogP contribution < -0.4 is 20.7 Å². The van der Waals surface area contributed by atoms with Crippen LogP contribution in [0.2, 0.25) is 0 Å². The van der Waals surface area contributed by atoms with E-state index in [2.05, 4.69) is 20.9 Å². The maximum atomic E-state index is 13.7. The molecule has 0 saturated carbocycles. The van der Waals surface area contributed by atoms with E-state index < -0.39 is 5.25 Å². The first-order valence-corrected chi connectivity index (χ1v) is 15.5. The topological polar surface area (TPSA) is 92.4 Å². The van der Waals surface area contributed by atoms with Gasteiger partial charge in [-0.15, -0.1) is 23.1 Å². The molecule has 0 aliphatic rings. The number of para-hydroxylation sites is 1. The number of anilines is 3. The van der Waals surface area contributed by atoms with E-state index in [1.165, 1.54) is 30.0 Å². The van der Waals surface area contributed by atoms with Crippen molar-refractivity contribution in [3.05, 3.63) is 120 Å². The molecule has 0 saturated heterocycles. The van der Waals surface area contributed by atoms with Crippen LogP contribution in [0.5, 0.6) is 5.75 Å². The summed E-state index contributed by atoms with van der Waals surface area (Å²) in [5.41, 5.74) is 4.65. The molecule has 10 heteroatoms. The largest absolute Gasteiger partial charge is 0.496 e. The fraction of sp³-hybridized carbons (Fsp3) is 0.0909. The molecule has 0 aliphatic carbocycles. The van der Waals surface area contributed by atoms with Crippen LogP contribution in [-0.2, 0) is 4.79 Å². The van der Waals surface area contributed by atoms with Gasteiger partial charge in [0, 0.05) is 32.8 Å². The number of aromatic nitrogens is 1. The maximum Gasteiger partial charge on any atom is 0.244 e. The molecule has 4 aromatic carbocycles. The predicted molar refractivity (Wildman–Crippen MR) is 181 cm³/mol. The van der Waals surface area contributed by atoms with Gasteiger partial charge in [0.05, 0.1) is 12.8 Å². The highest BCUT2D eigenvalue weighted by molar-refractivity contribution is 8.00. The minimum absolute atomic E-state index is 0.00769. The maximum absolute atomic E-state index is 13.7. The molecule has 5 aromatic rings. The molecule has 5 rings (SSSR count). The molecule has 0 radical (unpaired) electrons. The molecule has 7 nitrogen and oxygen atoms in total. The number of thiazole rings is 1. The summed E-state index contributed by atoms with van der Waals surface area (Å²) in [6, 6.07) is 32.2. The van der Waals surface area contributed by atoms with Gasteiger partial charge in [0.2, 0.25) is 5.91 Å². The Labute approximate surface area is 263 Å². The number of carbonyl (C=O) groups is 2. The number of Topliss-reactive ketones (excluding diaryl/α,β-unsaturated/α-hetero) is 1. The van der Waals surface area contributed by atoms with Crippen LogP contribution in [0.15, 0.2) is 113 Å². The van der Waals surface area contributed by atoms with Gasteiger partial charge in [0.1, 0.15) is 11.0 Å². The van der Waals surface area contributed by atoms with E-state index in [0.717, 1.165) is 38.8 Å². The van der Waals surface area contributed by atoms with Crippen LogP contribution in [0.25, 0.3) is 11.3 Å². The van der Waals surface area contributed by atoms with Crippen LogP contribution in [-0.4, -0.2) is 28.9 Å². The summed E-state index contributed by atoms with van der Waals surface area (Å²) in [5.74, 6) is 0.549. The third-order valence-corrected chi connectivity index (χ3v) is 8.56. The number of nitrogens with one attached hydrogen (secondary N) is 3. The van der Waals surface area contributed by atoms with Crippen molar-refractivity contribution in [2.24, 2.45) is 0 Å². The van der Waals surface area contributed by atoms with E-state index in [4.69, 9.17) is 17.0 Å². The summed E-state index contributed by atoms with van der Waals surface area (Å²) in [5, 5.41) is 11.6. The Balaban J connectivity index is 1.29. The van der Waals surface area contributed by atoms with Crippen molar-refractivity contribution in [2.75, 3.05) is 23.1 Å². The van der Waals surface area contributed by atoms with Gasteiger partial charge in [-0.3, -0.25) is 9.59 Å². The SMILES string of the molecule is COc1ccccc1-c1csc(NC(=O)C(Sc2cccc(NC(=S)Nc3ccc(C(C)=O)cc3)c2)c2ccccc2)n1. The number of ether oxygens (including phenoxy) is 1. The highest BCUT2D eigenvalue weighted by Crippen LogP contribution is 2.38. The van der Waals surface area contributed by atoms with Gasteiger partial charge in [-0.05, 0) is 79.3 Å². The van der Waals surface area contributed by atoms with E-state index in [0.29, 0.717) is 15.8 Å². The van der Waals surface area contributed by atoms with Crippen molar-refractivity contribution in [1.29, 1.82) is 0 Å². The zero-order chi connectivity index (χ0) is 30.2. The summed E-state index contributed by atoms with van der Waals surface area (Å²) < 4.78 is 5.47. The number of amides is 1. The number of hydrogen-bond acceptors (Lipinski definition) is 7. The van der Waals surface area contributed by atoms with E-state index in [-0.39, 0.29) is 11.7 Å². The Bertz CT molecular complexity index is 1740. The van der Waals surface area contributed by atoms with Gasteiger partial charge in [-0.2, -0.15) is 0 Å². The monoisotopic (exact) mass is 624 g/mol. The first-order chi connectivity index (χ1) is 20.9. The quantitative estimate of drug-likeness (QED) is 0.0812. The molecular weight excluding hydrogens is 597 g/mol. The molecular formula is C33H28N4O3S3. The average Bonchev–Trinajstić information content (AvgIpc) is 3.48. The first kappa shape index (κ1) is 30.0. The highest BCUT2D eigenvalue weighted by Gasteiger charge is 2.23. The number of nitrogens with zero attached hydrogens (tertiary/aromatic N) is 1. The van der Waals surface area contributed by atoms with Crippen LogP contribution in [0.3, 0.4) is 0 Å². The molecule has 3 N–H and O–H groups in total. The summed E-state index contributed by atoms with van der Waals surface area (Å²) in [6.07, 6.45) is 0. The zero-order valence-corrected chi connectivity index (χ0v) is 25.8. The number of benzene rings is 4. The fourth-order valence-electron chi connectivity index (χ4n) is 4.25. The number of methoxy groups -OCH3 is 1. The lowest BCUT2D eigenvalue weighted by atomic mass is 10.1. The second-order valence-corrected chi connectivity index (χ2v) is 11.8. The first-order valence-electron chi connectivity index (χ1n) is 13.3. The van der Waals surface area contributed by atoms with E-state index in [1.807, 2.05) is 96.4 Å². The van der Waals surface area contributed by atoms with Crippen molar-refractivity contribution < 1.29 is 14.3 Å². The number of rotatable bonds is 10. The third kappa shape index (κ3) is 7.86. The molecule has 1 aromatic heterocycles. The molecule has 0 aliphatic heterocycles. The molecule has 0 fully saturated rings. The minimum atomic E-state index is -0.528.